The lowest BCUT2D eigenvalue weighted by Crippen LogP contribution is -2.76. The lowest BCUT2D eigenvalue weighted by atomic mass is 9.54. The fraction of sp³-hybridized carbons (Fsp3) is 0.688. The highest BCUT2D eigenvalue weighted by atomic mass is 16.5. The molecular weight excluding hydrogens is 312 g/mol. The number of rotatable bonds is 6. The molecule has 1 fully saturated rings. The molecule has 2 atom stereocenters. The van der Waals surface area contributed by atoms with Gasteiger partial charge in [-0.2, -0.15) is 0 Å². The zero-order valence-electron chi connectivity index (χ0n) is 14.9. The molecule has 134 valence electrons. The van der Waals surface area contributed by atoms with E-state index in [1.807, 2.05) is 20.8 Å². The number of hydrogen-bond acceptors (Lipinski definition) is 6. The maximum atomic E-state index is 12.7. The molecule has 0 aromatic carbocycles. The molecule has 1 aliphatic carbocycles. The van der Waals surface area contributed by atoms with Gasteiger partial charge in [-0.05, 0) is 13.8 Å². The summed E-state index contributed by atoms with van der Waals surface area (Å²) in [5, 5.41) is 6.27. The number of hydrogen-bond donors (Lipinski definition) is 2. The number of ether oxygens (including phenoxy) is 1. The van der Waals surface area contributed by atoms with Gasteiger partial charge in [-0.25, -0.2) is 0 Å². The number of nitrogens with one attached hydrogen (secondary N) is 1. The smallest absolute Gasteiger partial charge is 0.245 e. The van der Waals surface area contributed by atoms with Gasteiger partial charge in [0.25, 0.3) is 0 Å². The highest BCUT2D eigenvalue weighted by molar-refractivity contribution is 5.96. The normalized spacial score (nSPS) is 25.0. The molecule has 0 radical (unpaired) electrons. The van der Waals surface area contributed by atoms with Gasteiger partial charge in [-0.1, -0.05) is 19.0 Å². The molecule has 0 aliphatic heterocycles. The minimum absolute atomic E-state index is 0.0585. The summed E-state index contributed by atoms with van der Waals surface area (Å²) in [6.07, 6.45) is 0.387. The molecule has 1 saturated carbocycles. The van der Waals surface area contributed by atoms with Gasteiger partial charge in [0.05, 0.1) is 12.6 Å². The van der Waals surface area contributed by atoms with Gasteiger partial charge in [0.15, 0.2) is 5.82 Å². The molecular formula is C16H26N4O4. The number of anilines is 1. The Hall–Kier alpha value is -1.93. The van der Waals surface area contributed by atoms with E-state index in [9.17, 15) is 9.59 Å². The molecule has 24 heavy (non-hydrogen) atoms. The van der Waals surface area contributed by atoms with Crippen molar-refractivity contribution in [1.82, 2.24) is 10.1 Å². The number of nitrogens with zero attached hydrogens (tertiary/aromatic N) is 2. The van der Waals surface area contributed by atoms with Crippen LogP contribution in [0.15, 0.2) is 10.6 Å². The van der Waals surface area contributed by atoms with Crippen molar-refractivity contribution < 1.29 is 18.8 Å². The highest BCUT2D eigenvalue weighted by Gasteiger charge is 2.63. The first-order valence-corrected chi connectivity index (χ1v) is 8.01. The summed E-state index contributed by atoms with van der Waals surface area (Å²) in [7, 11) is 1.56. The van der Waals surface area contributed by atoms with Crippen molar-refractivity contribution in [1.29, 1.82) is 0 Å². The summed E-state index contributed by atoms with van der Waals surface area (Å²) in [6, 6.07) is 1.60. The Morgan fingerprint density at radius 1 is 1.54 bits per heavy atom. The Morgan fingerprint density at radius 2 is 2.21 bits per heavy atom. The van der Waals surface area contributed by atoms with Crippen LogP contribution >= 0.6 is 0 Å². The molecule has 0 bridgehead atoms. The van der Waals surface area contributed by atoms with E-state index in [0.29, 0.717) is 24.6 Å². The minimum Gasteiger partial charge on any atom is -0.378 e. The lowest BCUT2D eigenvalue weighted by molar-refractivity contribution is -0.178. The van der Waals surface area contributed by atoms with E-state index in [4.69, 9.17) is 15.0 Å². The Labute approximate surface area is 141 Å². The Kier molecular flexibility index (Phi) is 5.00. The molecule has 3 N–H and O–H groups in total. The van der Waals surface area contributed by atoms with Gasteiger partial charge in [-0.3, -0.25) is 9.59 Å². The van der Waals surface area contributed by atoms with Gasteiger partial charge >= 0.3 is 0 Å². The summed E-state index contributed by atoms with van der Waals surface area (Å²) in [6.45, 7) is 7.94. The molecule has 0 saturated heterocycles. The monoisotopic (exact) mass is 338 g/mol. The standard InChI is InChI=1S/C16H26N4O4/c1-6-23-11-8-16(17,15(11,3)4)14(22)20(5)9-13(21)18-12-7-10(2)24-19-12/h7,11H,6,8-9,17H2,1-5H3,(H,18,19,21). The predicted octanol–water partition coefficient (Wildman–Crippen LogP) is 0.912. The summed E-state index contributed by atoms with van der Waals surface area (Å²) in [5.41, 5.74) is 4.82. The molecule has 2 amide bonds. The van der Waals surface area contributed by atoms with Crippen molar-refractivity contribution in [3.63, 3.8) is 0 Å². The van der Waals surface area contributed by atoms with Gasteiger partial charge in [0, 0.05) is 31.6 Å². The van der Waals surface area contributed by atoms with Crippen LogP contribution in [0, 0.1) is 12.3 Å². The first kappa shape index (κ1) is 18.4. The van der Waals surface area contributed by atoms with Crippen LogP contribution < -0.4 is 11.1 Å². The van der Waals surface area contributed by atoms with Crippen LogP contribution in [0.4, 0.5) is 5.82 Å². The average Bonchev–Trinajstić information content (AvgIpc) is 2.90. The van der Waals surface area contributed by atoms with Gasteiger partial charge in [0.2, 0.25) is 11.8 Å². The van der Waals surface area contributed by atoms with Gasteiger partial charge in [-0.15, -0.1) is 0 Å². The number of aryl methyl sites for hydroxylation is 1. The van der Waals surface area contributed by atoms with Crippen molar-refractivity contribution in [2.75, 3.05) is 25.5 Å². The molecule has 8 heteroatoms. The molecule has 1 aliphatic rings. The third-order valence-electron chi connectivity index (χ3n) is 4.83. The SMILES string of the molecule is CCOC1CC(N)(C(=O)N(C)CC(=O)Nc2cc(C)on2)C1(C)C. The van der Waals surface area contributed by atoms with Crippen LogP contribution in [0.1, 0.15) is 33.0 Å². The van der Waals surface area contributed by atoms with Crippen LogP contribution in [-0.4, -0.2) is 53.7 Å². The Bertz CT molecular complexity index is 627. The summed E-state index contributed by atoms with van der Waals surface area (Å²) >= 11 is 0. The third kappa shape index (κ3) is 3.16. The third-order valence-corrected chi connectivity index (χ3v) is 4.83. The topological polar surface area (TPSA) is 111 Å². The maximum absolute atomic E-state index is 12.7. The van der Waals surface area contributed by atoms with E-state index in [1.54, 1.807) is 20.0 Å². The van der Waals surface area contributed by atoms with E-state index >= 15 is 0 Å². The second-order valence-electron chi connectivity index (χ2n) is 6.87. The molecule has 2 rings (SSSR count). The van der Waals surface area contributed by atoms with Crippen LogP contribution in [0.2, 0.25) is 0 Å². The number of carbonyl (C=O) groups is 2. The van der Waals surface area contributed by atoms with Crippen molar-refractivity contribution in [2.45, 2.75) is 45.8 Å². The second kappa shape index (κ2) is 6.52. The Morgan fingerprint density at radius 3 is 2.71 bits per heavy atom. The number of carbonyl (C=O) groups excluding carboxylic acids is 2. The average molecular weight is 338 g/mol. The minimum atomic E-state index is -1.04. The summed E-state index contributed by atoms with van der Waals surface area (Å²) in [5.74, 6) is 0.284. The van der Waals surface area contributed by atoms with E-state index in [2.05, 4.69) is 10.5 Å². The van der Waals surface area contributed by atoms with Crippen molar-refractivity contribution in [3.05, 3.63) is 11.8 Å². The van der Waals surface area contributed by atoms with Crippen LogP contribution in [0.3, 0.4) is 0 Å². The van der Waals surface area contributed by atoms with E-state index in [0.717, 1.165) is 0 Å². The molecule has 0 spiro atoms. The fourth-order valence-electron chi connectivity index (χ4n) is 3.03. The van der Waals surface area contributed by atoms with Gasteiger partial charge < -0.3 is 25.2 Å². The van der Waals surface area contributed by atoms with Gasteiger partial charge in [0.1, 0.15) is 11.3 Å². The fourth-order valence-corrected chi connectivity index (χ4v) is 3.03. The molecule has 1 aromatic heterocycles. The van der Waals surface area contributed by atoms with Crippen molar-refractivity contribution in [2.24, 2.45) is 11.1 Å². The van der Waals surface area contributed by atoms with Crippen molar-refractivity contribution >= 4 is 17.6 Å². The Balaban J connectivity index is 1.95. The van der Waals surface area contributed by atoms with E-state index in [1.165, 1.54) is 4.90 Å². The summed E-state index contributed by atoms with van der Waals surface area (Å²) < 4.78 is 10.5. The largest absolute Gasteiger partial charge is 0.378 e. The zero-order chi connectivity index (χ0) is 18.1. The lowest BCUT2D eigenvalue weighted by Gasteiger charge is -2.58. The van der Waals surface area contributed by atoms with E-state index in [-0.39, 0.29) is 24.5 Å². The number of aromatic nitrogens is 1. The predicted molar refractivity (Wildman–Crippen MR) is 88.2 cm³/mol. The molecule has 8 nitrogen and oxygen atoms in total. The first-order valence-electron chi connectivity index (χ1n) is 8.01. The van der Waals surface area contributed by atoms with Crippen molar-refractivity contribution in [3.8, 4) is 0 Å². The first-order chi connectivity index (χ1) is 11.1. The summed E-state index contributed by atoms with van der Waals surface area (Å²) in [4.78, 5) is 26.1. The van der Waals surface area contributed by atoms with E-state index < -0.39 is 11.0 Å². The molecule has 1 aromatic rings. The molecule has 2 unspecified atom stereocenters. The van der Waals surface area contributed by atoms with Crippen LogP contribution in [0.5, 0.6) is 0 Å². The zero-order valence-corrected chi connectivity index (χ0v) is 14.9. The highest BCUT2D eigenvalue weighted by Crippen LogP contribution is 2.50. The second-order valence-corrected chi connectivity index (χ2v) is 6.87. The quantitative estimate of drug-likeness (QED) is 0.798. The van der Waals surface area contributed by atoms with Crippen LogP contribution in [-0.2, 0) is 14.3 Å². The molecule has 1 heterocycles. The van der Waals surface area contributed by atoms with Crippen LogP contribution in [0.25, 0.3) is 0 Å². The number of nitrogens with two attached hydrogens (primary N) is 1. The maximum Gasteiger partial charge on any atom is 0.245 e. The number of amides is 2. The number of likely N-dealkylation sites (N-methyl/N-ethyl adjacent to an activating group) is 1.